The second kappa shape index (κ2) is 7.53. The van der Waals surface area contributed by atoms with Crippen LogP contribution in [0.25, 0.3) is 15.3 Å². The number of nitrogens with one attached hydrogen (secondary N) is 1. The number of fused-ring (bicyclic) bond motifs is 1. The number of thiazole rings is 1. The molecule has 4 rings (SSSR count). The number of aryl methyl sites for hydroxylation is 1. The number of nitrogens with zero attached hydrogens (tertiary/aromatic N) is 5. The van der Waals surface area contributed by atoms with Crippen LogP contribution in [0.4, 0.5) is 21.6 Å². The van der Waals surface area contributed by atoms with Crippen LogP contribution in [0.2, 0.25) is 0 Å². The summed E-state index contributed by atoms with van der Waals surface area (Å²) in [5.41, 5.74) is -0.791. The molecule has 0 atom stereocenters. The minimum atomic E-state index is -0.826. The van der Waals surface area contributed by atoms with E-state index in [1.54, 1.807) is 19.1 Å². The maximum atomic E-state index is 14.0. The molecular formula is C18H11FN6O5S. The van der Waals surface area contributed by atoms with Crippen LogP contribution in [-0.4, -0.2) is 30.5 Å². The van der Waals surface area contributed by atoms with Crippen LogP contribution in [0.3, 0.4) is 0 Å². The number of non-ortho nitro benzene ring substituents is 2. The van der Waals surface area contributed by atoms with Gasteiger partial charge in [0.2, 0.25) is 5.13 Å². The zero-order valence-corrected chi connectivity index (χ0v) is 16.4. The molecule has 4 aromatic rings. The molecule has 0 aliphatic heterocycles. The number of nitro groups is 2. The Morgan fingerprint density at radius 3 is 2.42 bits per heavy atom. The lowest BCUT2D eigenvalue weighted by Gasteiger charge is -2.06. The topological polar surface area (TPSA) is 146 Å². The van der Waals surface area contributed by atoms with Gasteiger partial charge in [-0.05, 0) is 19.1 Å². The van der Waals surface area contributed by atoms with E-state index in [2.05, 4.69) is 15.4 Å². The molecule has 0 unspecified atom stereocenters. The number of carbonyl (C=O) groups is 1. The summed E-state index contributed by atoms with van der Waals surface area (Å²) in [6.45, 7) is 1.66. The predicted molar refractivity (Wildman–Crippen MR) is 109 cm³/mol. The summed E-state index contributed by atoms with van der Waals surface area (Å²) < 4.78 is 15.9. The molecule has 31 heavy (non-hydrogen) atoms. The zero-order chi connectivity index (χ0) is 22.3. The number of benzene rings is 2. The van der Waals surface area contributed by atoms with E-state index in [1.807, 2.05) is 0 Å². The molecule has 0 bridgehead atoms. The Kier molecular flexibility index (Phi) is 4.87. The second-order valence-corrected chi connectivity index (χ2v) is 7.38. The Balaban J connectivity index is 1.72. The second-order valence-electron chi connectivity index (χ2n) is 6.37. The molecule has 0 aliphatic rings. The standard InChI is InChI=1S/C18H11FN6O5S/c1-9-5-15(23(22-9)18-21-16-13(19)3-2-4-14(16)31-18)20-17(26)10-6-11(24(27)28)8-12(7-10)25(29)30/h2-8H,1H3,(H,20,26). The molecule has 0 fully saturated rings. The number of hydrogen-bond acceptors (Lipinski definition) is 8. The van der Waals surface area contributed by atoms with Gasteiger partial charge < -0.3 is 5.32 Å². The fourth-order valence-electron chi connectivity index (χ4n) is 2.85. The summed E-state index contributed by atoms with van der Waals surface area (Å²) in [4.78, 5) is 37.4. The monoisotopic (exact) mass is 442 g/mol. The Hall–Kier alpha value is -4.26. The smallest absolute Gasteiger partial charge is 0.277 e. The number of anilines is 1. The molecule has 13 heteroatoms. The van der Waals surface area contributed by atoms with E-state index in [1.165, 1.54) is 16.8 Å². The third-order valence-electron chi connectivity index (χ3n) is 4.20. The number of amides is 1. The van der Waals surface area contributed by atoms with Gasteiger partial charge >= 0.3 is 0 Å². The highest BCUT2D eigenvalue weighted by molar-refractivity contribution is 7.20. The van der Waals surface area contributed by atoms with Crippen LogP contribution in [-0.2, 0) is 0 Å². The van der Waals surface area contributed by atoms with Crippen molar-refractivity contribution in [3.05, 3.63) is 79.8 Å². The molecule has 2 aromatic heterocycles. The average molecular weight is 442 g/mol. The number of carbonyl (C=O) groups excluding carboxylic acids is 1. The Morgan fingerprint density at radius 1 is 1.13 bits per heavy atom. The quantitative estimate of drug-likeness (QED) is 0.363. The first-order valence-corrected chi connectivity index (χ1v) is 9.42. The fourth-order valence-corrected chi connectivity index (χ4v) is 3.80. The largest absolute Gasteiger partial charge is 0.306 e. The van der Waals surface area contributed by atoms with E-state index in [4.69, 9.17) is 0 Å². The summed E-state index contributed by atoms with van der Waals surface area (Å²) in [6.07, 6.45) is 0. The van der Waals surface area contributed by atoms with Crippen LogP contribution in [0.15, 0.2) is 42.5 Å². The Labute approximate surface area is 176 Å². The van der Waals surface area contributed by atoms with E-state index >= 15 is 0 Å². The summed E-state index contributed by atoms with van der Waals surface area (Å²) in [6, 6.07) is 8.67. The van der Waals surface area contributed by atoms with Crippen molar-refractivity contribution < 1.29 is 19.0 Å². The highest BCUT2D eigenvalue weighted by atomic mass is 32.1. The van der Waals surface area contributed by atoms with E-state index < -0.39 is 32.9 Å². The van der Waals surface area contributed by atoms with Crippen LogP contribution < -0.4 is 5.32 Å². The maximum Gasteiger partial charge on any atom is 0.277 e. The van der Waals surface area contributed by atoms with Crippen LogP contribution in [0, 0.1) is 33.0 Å². The summed E-state index contributed by atoms with van der Waals surface area (Å²) >= 11 is 1.15. The molecule has 0 saturated heterocycles. The zero-order valence-electron chi connectivity index (χ0n) is 15.6. The molecule has 156 valence electrons. The normalized spacial score (nSPS) is 10.9. The van der Waals surface area contributed by atoms with E-state index in [0.29, 0.717) is 10.4 Å². The van der Waals surface area contributed by atoms with Crippen molar-refractivity contribution in [3.8, 4) is 5.13 Å². The van der Waals surface area contributed by atoms with Gasteiger partial charge in [0.1, 0.15) is 17.2 Å². The van der Waals surface area contributed by atoms with Crippen molar-refractivity contribution in [1.82, 2.24) is 14.8 Å². The molecule has 0 aliphatic carbocycles. The maximum absolute atomic E-state index is 14.0. The third-order valence-corrected chi connectivity index (χ3v) is 5.20. The number of nitro benzene ring substituents is 2. The minimum absolute atomic E-state index is 0.155. The number of hydrogen-bond donors (Lipinski definition) is 1. The average Bonchev–Trinajstić information content (AvgIpc) is 3.31. The van der Waals surface area contributed by atoms with Gasteiger partial charge in [-0.2, -0.15) is 9.78 Å². The summed E-state index contributed by atoms with van der Waals surface area (Å²) in [5.74, 6) is -1.16. The number of para-hydroxylation sites is 1. The molecule has 0 saturated carbocycles. The van der Waals surface area contributed by atoms with Crippen molar-refractivity contribution >= 4 is 44.7 Å². The van der Waals surface area contributed by atoms with Crippen molar-refractivity contribution in [2.45, 2.75) is 6.92 Å². The van der Waals surface area contributed by atoms with Crippen molar-refractivity contribution in [2.24, 2.45) is 0 Å². The first kappa shape index (κ1) is 20.0. The lowest BCUT2D eigenvalue weighted by molar-refractivity contribution is -0.394. The summed E-state index contributed by atoms with van der Waals surface area (Å²) in [5, 5.41) is 29.2. The van der Waals surface area contributed by atoms with Gasteiger partial charge in [0.25, 0.3) is 17.3 Å². The fraction of sp³-hybridized carbons (Fsp3) is 0.0556. The van der Waals surface area contributed by atoms with E-state index in [0.717, 1.165) is 29.5 Å². The Bertz CT molecular complexity index is 1350. The van der Waals surface area contributed by atoms with Crippen LogP contribution in [0.5, 0.6) is 0 Å². The number of halogens is 1. The molecule has 11 nitrogen and oxygen atoms in total. The van der Waals surface area contributed by atoms with Gasteiger partial charge in [-0.15, -0.1) is 0 Å². The van der Waals surface area contributed by atoms with Crippen molar-refractivity contribution in [3.63, 3.8) is 0 Å². The van der Waals surface area contributed by atoms with Crippen molar-refractivity contribution in [1.29, 1.82) is 0 Å². The molecule has 2 aromatic carbocycles. The third kappa shape index (κ3) is 3.81. The van der Waals surface area contributed by atoms with Crippen LogP contribution in [0.1, 0.15) is 16.1 Å². The van der Waals surface area contributed by atoms with Crippen LogP contribution >= 0.6 is 11.3 Å². The number of rotatable bonds is 5. The van der Waals surface area contributed by atoms with E-state index in [9.17, 15) is 29.4 Å². The minimum Gasteiger partial charge on any atom is -0.306 e. The highest BCUT2D eigenvalue weighted by Crippen LogP contribution is 2.29. The first-order valence-electron chi connectivity index (χ1n) is 8.60. The molecule has 0 radical (unpaired) electrons. The molecule has 1 amide bonds. The van der Waals surface area contributed by atoms with E-state index in [-0.39, 0.29) is 22.0 Å². The first-order chi connectivity index (χ1) is 14.7. The van der Waals surface area contributed by atoms with Gasteiger partial charge in [0.15, 0.2) is 0 Å². The molecule has 2 heterocycles. The number of aromatic nitrogens is 3. The molecule has 1 N–H and O–H groups in total. The van der Waals surface area contributed by atoms with Crippen molar-refractivity contribution in [2.75, 3.05) is 5.32 Å². The summed E-state index contributed by atoms with van der Waals surface area (Å²) in [7, 11) is 0. The lowest BCUT2D eigenvalue weighted by atomic mass is 10.1. The SMILES string of the molecule is Cc1cc(NC(=O)c2cc([N+](=O)[O-])cc([N+](=O)[O-])c2)n(-c2nc3c(F)cccc3s2)n1. The highest BCUT2D eigenvalue weighted by Gasteiger charge is 2.22. The molecular weight excluding hydrogens is 431 g/mol. The van der Waals surface area contributed by atoms with Gasteiger partial charge in [0, 0.05) is 18.2 Å². The lowest BCUT2D eigenvalue weighted by Crippen LogP contribution is -2.15. The van der Waals surface area contributed by atoms with Gasteiger partial charge in [-0.1, -0.05) is 17.4 Å². The predicted octanol–water partition coefficient (Wildman–Crippen LogP) is 4.00. The van der Waals surface area contributed by atoms with Gasteiger partial charge in [0.05, 0.1) is 31.9 Å². The molecule has 0 spiro atoms. The van der Waals surface area contributed by atoms with Gasteiger partial charge in [-0.3, -0.25) is 25.0 Å². The Morgan fingerprint density at radius 2 is 1.81 bits per heavy atom. The van der Waals surface area contributed by atoms with Gasteiger partial charge in [-0.25, -0.2) is 9.37 Å².